The summed E-state index contributed by atoms with van der Waals surface area (Å²) in [6.45, 7) is 0.717. The fraction of sp³-hybridized carbons (Fsp3) is 0.588. The Balaban J connectivity index is 1.84. The number of nitrogens with two attached hydrogens (primary N) is 1. The lowest BCUT2D eigenvalue weighted by Gasteiger charge is -2.38. The maximum absolute atomic E-state index is 12.6. The number of amides is 1. The van der Waals surface area contributed by atoms with Gasteiger partial charge in [-0.1, -0.05) is 43.2 Å². The summed E-state index contributed by atoms with van der Waals surface area (Å²) in [7, 11) is 0. The highest BCUT2D eigenvalue weighted by atomic mass is 16.2. The Morgan fingerprint density at radius 3 is 2.60 bits per heavy atom. The van der Waals surface area contributed by atoms with Crippen LogP contribution in [0.4, 0.5) is 0 Å². The zero-order valence-corrected chi connectivity index (χ0v) is 12.0. The van der Waals surface area contributed by atoms with Gasteiger partial charge in [0.15, 0.2) is 0 Å². The summed E-state index contributed by atoms with van der Waals surface area (Å²) >= 11 is 0. The molecule has 1 aromatic rings. The molecule has 2 fully saturated rings. The molecule has 1 saturated heterocycles. The highest BCUT2D eigenvalue weighted by Crippen LogP contribution is 2.35. The van der Waals surface area contributed by atoms with Crippen molar-refractivity contribution in [2.24, 2.45) is 11.7 Å². The molecule has 1 saturated carbocycles. The van der Waals surface area contributed by atoms with Crippen molar-refractivity contribution in [3.8, 4) is 0 Å². The van der Waals surface area contributed by atoms with Gasteiger partial charge in [0.2, 0.25) is 5.91 Å². The van der Waals surface area contributed by atoms with Crippen LogP contribution in [-0.2, 0) is 11.3 Å². The van der Waals surface area contributed by atoms with Crippen molar-refractivity contribution in [3.05, 3.63) is 35.9 Å². The van der Waals surface area contributed by atoms with Crippen LogP contribution in [0.1, 0.15) is 44.1 Å². The third kappa shape index (κ3) is 2.73. The molecule has 0 spiro atoms. The first-order valence-corrected chi connectivity index (χ1v) is 7.85. The zero-order valence-electron chi connectivity index (χ0n) is 12.0. The number of benzene rings is 1. The van der Waals surface area contributed by atoms with E-state index in [1.165, 1.54) is 24.8 Å². The number of carbonyl (C=O) groups is 1. The van der Waals surface area contributed by atoms with E-state index in [2.05, 4.69) is 17.0 Å². The van der Waals surface area contributed by atoms with Crippen LogP contribution < -0.4 is 5.73 Å². The molecule has 0 radical (unpaired) electrons. The molecule has 1 amide bonds. The monoisotopic (exact) mass is 272 g/mol. The number of fused-ring (bicyclic) bond motifs is 1. The number of likely N-dealkylation sites (tertiary alicyclic amines) is 1. The van der Waals surface area contributed by atoms with E-state index in [-0.39, 0.29) is 11.9 Å². The summed E-state index contributed by atoms with van der Waals surface area (Å²) < 4.78 is 0. The van der Waals surface area contributed by atoms with Crippen LogP contribution >= 0.6 is 0 Å². The molecule has 0 bridgehead atoms. The molecule has 3 atom stereocenters. The van der Waals surface area contributed by atoms with Crippen LogP contribution in [0.2, 0.25) is 0 Å². The van der Waals surface area contributed by atoms with Gasteiger partial charge < -0.3 is 10.6 Å². The quantitative estimate of drug-likeness (QED) is 0.899. The lowest BCUT2D eigenvalue weighted by molar-refractivity contribution is -0.136. The van der Waals surface area contributed by atoms with Crippen molar-refractivity contribution in [2.45, 2.75) is 57.2 Å². The second kappa shape index (κ2) is 5.96. The van der Waals surface area contributed by atoms with Crippen molar-refractivity contribution in [3.63, 3.8) is 0 Å². The molecule has 20 heavy (non-hydrogen) atoms. The van der Waals surface area contributed by atoms with E-state index in [1.54, 1.807) is 0 Å². The van der Waals surface area contributed by atoms with Crippen molar-refractivity contribution in [1.29, 1.82) is 0 Å². The molecule has 3 heteroatoms. The average Bonchev–Trinajstić information content (AvgIpc) is 2.61. The van der Waals surface area contributed by atoms with Crippen molar-refractivity contribution < 1.29 is 4.79 Å². The largest absolute Gasteiger partial charge is 0.334 e. The zero-order chi connectivity index (χ0) is 13.9. The summed E-state index contributed by atoms with van der Waals surface area (Å²) in [5.74, 6) is 0.813. The Hall–Kier alpha value is -1.35. The second-order valence-corrected chi connectivity index (χ2v) is 6.25. The van der Waals surface area contributed by atoms with E-state index >= 15 is 0 Å². The molecule has 1 heterocycles. The van der Waals surface area contributed by atoms with Crippen molar-refractivity contribution in [2.75, 3.05) is 0 Å². The number of nitrogens with zero attached hydrogens (tertiary/aromatic N) is 1. The second-order valence-electron chi connectivity index (χ2n) is 6.25. The highest BCUT2D eigenvalue weighted by Gasteiger charge is 2.37. The van der Waals surface area contributed by atoms with Gasteiger partial charge in [0.25, 0.3) is 0 Å². The average molecular weight is 272 g/mol. The van der Waals surface area contributed by atoms with Crippen molar-refractivity contribution >= 4 is 5.91 Å². The van der Waals surface area contributed by atoms with Gasteiger partial charge in [-0.05, 0) is 37.2 Å². The van der Waals surface area contributed by atoms with Gasteiger partial charge in [0.05, 0.1) is 6.04 Å². The molecular weight excluding hydrogens is 248 g/mol. The lowest BCUT2D eigenvalue weighted by atomic mass is 9.81. The van der Waals surface area contributed by atoms with E-state index in [0.717, 1.165) is 19.3 Å². The first-order valence-electron chi connectivity index (χ1n) is 7.85. The standard InChI is InChI=1S/C17H24N2O/c18-15-11-10-14-8-4-5-9-16(14)19(17(15)20)12-13-6-2-1-3-7-13/h1-3,6-7,14-16H,4-5,8-12,18H2. The number of carbonyl (C=O) groups excluding carboxylic acids is 1. The minimum absolute atomic E-state index is 0.156. The topological polar surface area (TPSA) is 46.3 Å². The summed E-state index contributed by atoms with van der Waals surface area (Å²) in [5, 5.41) is 0. The maximum atomic E-state index is 12.6. The Morgan fingerprint density at radius 1 is 1.05 bits per heavy atom. The summed E-state index contributed by atoms with van der Waals surface area (Å²) in [6, 6.07) is 10.4. The lowest BCUT2D eigenvalue weighted by Crippen LogP contribution is -2.48. The van der Waals surface area contributed by atoms with Crippen LogP contribution in [0.15, 0.2) is 30.3 Å². The van der Waals surface area contributed by atoms with E-state index < -0.39 is 0 Å². The highest BCUT2D eigenvalue weighted by molar-refractivity contribution is 5.82. The number of hydrogen-bond donors (Lipinski definition) is 1. The van der Waals surface area contributed by atoms with Crippen LogP contribution in [0.25, 0.3) is 0 Å². The van der Waals surface area contributed by atoms with Gasteiger partial charge >= 0.3 is 0 Å². The summed E-state index contributed by atoms with van der Waals surface area (Å²) in [4.78, 5) is 14.7. The maximum Gasteiger partial charge on any atom is 0.240 e. The minimum atomic E-state index is -0.302. The summed E-state index contributed by atoms with van der Waals surface area (Å²) in [6.07, 6.45) is 6.93. The fourth-order valence-corrected chi connectivity index (χ4v) is 3.80. The molecule has 3 rings (SSSR count). The normalized spacial score (nSPS) is 30.8. The van der Waals surface area contributed by atoms with Gasteiger partial charge in [-0.25, -0.2) is 0 Å². The molecule has 2 aliphatic rings. The van der Waals surface area contributed by atoms with Crippen molar-refractivity contribution in [1.82, 2.24) is 4.90 Å². The van der Waals surface area contributed by atoms with Gasteiger partial charge in [-0.15, -0.1) is 0 Å². The first-order chi connectivity index (χ1) is 9.75. The number of hydrogen-bond acceptors (Lipinski definition) is 2. The van der Waals surface area contributed by atoms with Gasteiger partial charge in [0.1, 0.15) is 0 Å². The van der Waals surface area contributed by atoms with E-state index in [1.807, 2.05) is 18.2 Å². The van der Waals surface area contributed by atoms with Crippen LogP contribution in [0.5, 0.6) is 0 Å². The fourth-order valence-electron chi connectivity index (χ4n) is 3.80. The third-order valence-corrected chi connectivity index (χ3v) is 4.91. The molecular formula is C17H24N2O. The van der Waals surface area contributed by atoms with Crippen LogP contribution in [-0.4, -0.2) is 22.9 Å². The SMILES string of the molecule is NC1CCC2CCCCC2N(Cc2ccccc2)C1=O. The molecule has 2 N–H and O–H groups in total. The molecule has 0 aromatic heterocycles. The van der Waals surface area contributed by atoms with Gasteiger partial charge in [-0.2, -0.15) is 0 Å². The Labute approximate surface area is 121 Å². The molecule has 1 aromatic carbocycles. The Kier molecular flexibility index (Phi) is 4.06. The van der Waals surface area contributed by atoms with E-state index in [9.17, 15) is 4.79 Å². The van der Waals surface area contributed by atoms with Crippen LogP contribution in [0, 0.1) is 5.92 Å². The molecule has 3 unspecified atom stereocenters. The van der Waals surface area contributed by atoms with Gasteiger partial charge in [-0.3, -0.25) is 4.79 Å². The molecule has 1 aliphatic carbocycles. The first kappa shape index (κ1) is 13.6. The van der Waals surface area contributed by atoms with E-state index in [0.29, 0.717) is 18.5 Å². The van der Waals surface area contributed by atoms with Gasteiger partial charge in [0, 0.05) is 12.6 Å². The molecule has 108 valence electrons. The predicted octanol–water partition coefficient (Wildman–Crippen LogP) is 2.70. The van der Waals surface area contributed by atoms with E-state index in [4.69, 9.17) is 5.73 Å². The third-order valence-electron chi connectivity index (χ3n) is 4.91. The smallest absolute Gasteiger partial charge is 0.240 e. The predicted molar refractivity (Wildman–Crippen MR) is 79.9 cm³/mol. The van der Waals surface area contributed by atoms with Crippen LogP contribution in [0.3, 0.4) is 0 Å². The Bertz CT molecular complexity index is 459. The Morgan fingerprint density at radius 2 is 1.80 bits per heavy atom. The number of rotatable bonds is 2. The molecule has 3 nitrogen and oxygen atoms in total. The minimum Gasteiger partial charge on any atom is -0.334 e. The molecule has 1 aliphatic heterocycles. The summed E-state index contributed by atoms with van der Waals surface area (Å²) in [5.41, 5.74) is 7.29.